The highest BCUT2D eigenvalue weighted by Gasteiger charge is 2.23. The fraction of sp³-hybridized carbons (Fsp3) is 0.533. The van der Waals surface area contributed by atoms with Crippen LogP contribution in [0.1, 0.15) is 28.8 Å². The monoisotopic (exact) mass is 314 g/mol. The van der Waals surface area contributed by atoms with Crippen LogP contribution in [0.5, 0.6) is 0 Å². The number of nitrogens with zero attached hydrogens (tertiary/aromatic N) is 1. The lowest BCUT2D eigenvalue weighted by molar-refractivity contribution is 0.0698. The highest BCUT2D eigenvalue weighted by molar-refractivity contribution is 7.97. The molecule has 5 heteroatoms. The molecule has 112 valence electrons. The van der Waals surface area contributed by atoms with Gasteiger partial charge in [-0.25, -0.2) is 0 Å². The molecule has 1 saturated heterocycles. The van der Waals surface area contributed by atoms with Crippen molar-refractivity contribution in [2.45, 2.75) is 24.6 Å². The number of nitrogens with one attached hydrogen (secondary N) is 1. The van der Waals surface area contributed by atoms with Crippen molar-refractivity contribution in [2.24, 2.45) is 0 Å². The van der Waals surface area contributed by atoms with E-state index in [0.717, 1.165) is 37.2 Å². The number of benzene rings is 1. The molecule has 0 aliphatic carbocycles. The third-order valence-corrected chi connectivity index (χ3v) is 4.25. The van der Waals surface area contributed by atoms with Gasteiger partial charge in [0.25, 0.3) is 5.91 Å². The number of likely N-dealkylation sites (N-methyl/N-ethyl adjacent to an activating group) is 1. The van der Waals surface area contributed by atoms with Crippen molar-refractivity contribution in [1.29, 1.82) is 0 Å². The third-order valence-electron chi connectivity index (χ3n) is 3.63. The fourth-order valence-corrected chi connectivity index (χ4v) is 3.02. The van der Waals surface area contributed by atoms with E-state index in [2.05, 4.69) is 23.7 Å². The summed E-state index contributed by atoms with van der Waals surface area (Å²) in [6, 6.07) is 8.47. The molecule has 20 heavy (non-hydrogen) atoms. The van der Waals surface area contributed by atoms with E-state index in [4.69, 9.17) is 0 Å². The first-order chi connectivity index (χ1) is 9.24. The van der Waals surface area contributed by atoms with Crippen molar-refractivity contribution < 1.29 is 4.79 Å². The second-order valence-electron chi connectivity index (χ2n) is 5.01. The second kappa shape index (κ2) is 8.55. The average Bonchev–Trinajstić information content (AvgIpc) is 2.48. The van der Waals surface area contributed by atoms with Crippen LogP contribution in [0.4, 0.5) is 0 Å². The molecular formula is C15H23ClN2OS. The van der Waals surface area contributed by atoms with Crippen LogP contribution in [-0.4, -0.2) is 43.2 Å². The molecule has 1 aromatic carbocycles. The molecule has 0 bridgehead atoms. The third kappa shape index (κ3) is 4.40. The van der Waals surface area contributed by atoms with Crippen LogP contribution in [0, 0.1) is 0 Å². The summed E-state index contributed by atoms with van der Waals surface area (Å²) in [6.45, 7) is 1.70. The maximum Gasteiger partial charge on any atom is 0.253 e. The van der Waals surface area contributed by atoms with Gasteiger partial charge in [-0.2, -0.15) is 11.8 Å². The van der Waals surface area contributed by atoms with Gasteiger partial charge in [0.1, 0.15) is 0 Å². The number of piperidine rings is 1. The average molecular weight is 315 g/mol. The van der Waals surface area contributed by atoms with Crippen LogP contribution in [0.2, 0.25) is 0 Å². The number of amides is 1. The molecule has 1 heterocycles. The molecule has 1 aliphatic rings. The van der Waals surface area contributed by atoms with E-state index in [1.54, 1.807) is 11.8 Å². The molecule has 1 aromatic rings. The Bertz CT molecular complexity index is 424. The van der Waals surface area contributed by atoms with Crippen LogP contribution < -0.4 is 5.32 Å². The first-order valence-electron chi connectivity index (χ1n) is 6.79. The molecule has 0 aromatic heterocycles. The number of hydrogen-bond donors (Lipinski definition) is 1. The predicted octanol–water partition coefficient (Wildman–Crippen LogP) is 2.80. The van der Waals surface area contributed by atoms with Gasteiger partial charge < -0.3 is 10.2 Å². The van der Waals surface area contributed by atoms with Crippen LogP contribution in [0.15, 0.2) is 24.3 Å². The Morgan fingerprint density at radius 1 is 1.40 bits per heavy atom. The Kier molecular flexibility index (Phi) is 7.41. The van der Waals surface area contributed by atoms with Gasteiger partial charge in [-0.15, -0.1) is 12.4 Å². The Balaban J connectivity index is 0.00000200. The number of rotatable bonds is 4. The number of hydrogen-bond acceptors (Lipinski definition) is 3. The van der Waals surface area contributed by atoms with E-state index in [9.17, 15) is 4.79 Å². The van der Waals surface area contributed by atoms with Gasteiger partial charge in [0.05, 0.1) is 0 Å². The Morgan fingerprint density at radius 2 is 2.10 bits per heavy atom. The Morgan fingerprint density at radius 3 is 2.70 bits per heavy atom. The molecule has 1 N–H and O–H groups in total. The van der Waals surface area contributed by atoms with Crippen LogP contribution >= 0.6 is 24.2 Å². The van der Waals surface area contributed by atoms with Gasteiger partial charge in [0.2, 0.25) is 0 Å². The van der Waals surface area contributed by atoms with Crippen molar-refractivity contribution in [3.63, 3.8) is 0 Å². The topological polar surface area (TPSA) is 32.3 Å². The van der Waals surface area contributed by atoms with Gasteiger partial charge in [0.15, 0.2) is 0 Å². The Hall–Kier alpha value is -0.710. The zero-order chi connectivity index (χ0) is 13.7. The van der Waals surface area contributed by atoms with E-state index < -0.39 is 0 Å². The summed E-state index contributed by atoms with van der Waals surface area (Å²) in [4.78, 5) is 14.4. The first kappa shape index (κ1) is 17.3. The van der Waals surface area contributed by atoms with Crippen molar-refractivity contribution in [3.8, 4) is 0 Å². The number of thioether (sulfide) groups is 1. The highest BCUT2D eigenvalue weighted by Crippen LogP contribution is 2.15. The Labute approximate surface area is 131 Å². The van der Waals surface area contributed by atoms with Crippen LogP contribution in [0.3, 0.4) is 0 Å². The van der Waals surface area contributed by atoms with Crippen LogP contribution in [0.25, 0.3) is 0 Å². The number of likely N-dealkylation sites (tertiary alicyclic amines) is 1. The first-order valence-corrected chi connectivity index (χ1v) is 8.18. The molecule has 1 atom stereocenters. The summed E-state index contributed by atoms with van der Waals surface area (Å²) in [6.07, 6.45) is 4.33. The molecule has 1 fully saturated rings. The fourth-order valence-electron chi connectivity index (χ4n) is 2.49. The SMILES string of the molecule is CNC1CCCN(C(=O)c2ccc(CSC)cc2)C1.Cl. The summed E-state index contributed by atoms with van der Waals surface area (Å²) in [5, 5.41) is 3.27. The van der Waals surface area contributed by atoms with Gasteiger partial charge in [-0.1, -0.05) is 12.1 Å². The maximum atomic E-state index is 12.4. The number of carbonyl (C=O) groups excluding carboxylic acids is 1. The molecule has 0 spiro atoms. The van der Waals surface area contributed by atoms with Crippen molar-refractivity contribution in [3.05, 3.63) is 35.4 Å². The van der Waals surface area contributed by atoms with Crippen molar-refractivity contribution in [1.82, 2.24) is 10.2 Å². The van der Waals surface area contributed by atoms with E-state index >= 15 is 0 Å². The molecule has 3 nitrogen and oxygen atoms in total. The zero-order valence-electron chi connectivity index (χ0n) is 12.1. The van der Waals surface area contributed by atoms with Gasteiger partial charge in [-0.05, 0) is 43.8 Å². The quantitative estimate of drug-likeness (QED) is 0.927. The van der Waals surface area contributed by atoms with Gasteiger partial charge in [-0.3, -0.25) is 4.79 Å². The highest BCUT2D eigenvalue weighted by atomic mass is 35.5. The smallest absolute Gasteiger partial charge is 0.253 e. The van der Waals surface area contributed by atoms with Crippen molar-refractivity contribution >= 4 is 30.1 Å². The molecule has 1 amide bonds. The van der Waals surface area contributed by atoms with Crippen molar-refractivity contribution in [2.75, 3.05) is 26.4 Å². The molecule has 1 aliphatic heterocycles. The summed E-state index contributed by atoms with van der Waals surface area (Å²) >= 11 is 1.80. The summed E-state index contributed by atoms with van der Waals surface area (Å²) in [5.74, 6) is 1.16. The van der Waals surface area contributed by atoms with E-state index in [-0.39, 0.29) is 18.3 Å². The van der Waals surface area contributed by atoms with Crippen LogP contribution in [-0.2, 0) is 5.75 Å². The lowest BCUT2D eigenvalue weighted by atomic mass is 10.0. The molecular weight excluding hydrogens is 292 g/mol. The minimum atomic E-state index is 0. The minimum absolute atomic E-state index is 0. The maximum absolute atomic E-state index is 12.4. The standard InChI is InChI=1S/C15H22N2OS.ClH/c1-16-14-4-3-9-17(10-14)15(18)13-7-5-12(6-8-13)11-19-2;/h5-8,14,16H,3-4,9-11H2,1-2H3;1H. The van der Waals surface area contributed by atoms with Gasteiger partial charge in [0, 0.05) is 30.4 Å². The van der Waals surface area contributed by atoms with E-state index in [1.165, 1.54) is 5.56 Å². The largest absolute Gasteiger partial charge is 0.337 e. The normalized spacial score (nSPS) is 18.5. The summed E-state index contributed by atoms with van der Waals surface area (Å²) < 4.78 is 0. The second-order valence-corrected chi connectivity index (χ2v) is 5.87. The number of halogens is 1. The summed E-state index contributed by atoms with van der Waals surface area (Å²) in [7, 11) is 1.97. The lowest BCUT2D eigenvalue weighted by Gasteiger charge is -2.32. The molecule has 0 radical (unpaired) electrons. The summed E-state index contributed by atoms with van der Waals surface area (Å²) in [5.41, 5.74) is 2.08. The minimum Gasteiger partial charge on any atom is -0.337 e. The number of carbonyl (C=O) groups is 1. The molecule has 2 rings (SSSR count). The van der Waals surface area contributed by atoms with E-state index in [0.29, 0.717) is 6.04 Å². The molecule has 1 unspecified atom stereocenters. The van der Waals surface area contributed by atoms with E-state index in [1.807, 2.05) is 24.1 Å². The zero-order valence-corrected chi connectivity index (χ0v) is 13.7. The lowest BCUT2D eigenvalue weighted by Crippen LogP contribution is -2.46. The molecule has 0 saturated carbocycles. The predicted molar refractivity (Wildman–Crippen MR) is 88.9 cm³/mol. The van der Waals surface area contributed by atoms with Gasteiger partial charge >= 0.3 is 0 Å².